The number of thiazole rings is 1. The Kier molecular flexibility index (Phi) is 5.18. The maximum atomic E-state index is 12.5. The lowest BCUT2D eigenvalue weighted by atomic mass is 10.2. The highest BCUT2D eigenvalue weighted by Gasteiger charge is 2.12. The number of rotatable bonds is 4. The van der Waals surface area contributed by atoms with Gasteiger partial charge in [0.05, 0.1) is 15.8 Å². The van der Waals surface area contributed by atoms with Gasteiger partial charge in [-0.05, 0) is 58.4 Å². The molecule has 1 aromatic heterocycles. The fourth-order valence-electron chi connectivity index (χ4n) is 2.66. The van der Waals surface area contributed by atoms with Crippen molar-refractivity contribution in [3.05, 3.63) is 88.4 Å². The number of amides is 2. The zero-order chi connectivity index (χ0) is 19.5. The van der Waals surface area contributed by atoms with E-state index in [4.69, 9.17) is 0 Å². The van der Waals surface area contributed by atoms with Gasteiger partial charge in [-0.1, -0.05) is 41.7 Å². The summed E-state index contributed by atoms with van der Waals surface area (Å²) in [5, 5.41) is 6.22. The molecule has 0 saturated heterocycles. The largest absolute Gasteiger partial charge is 0.322 e. The molecule has 5 nitrogen and oxygen atoms in total. The predicted molar refractivity (Wildman–Crippen MR) is 116 cm³/mol. The topological polar surface area (TPSA) is 71.1 Å². The molecule has 0 aliphatic carbocycles. The van der Waals surface area contributed by atoms with Gasteiger partial charge < -0.3 is 5.32 Å². The van der Waals surface area contributed by atoms with Gasteiger partial charge in [0.1, 0.15) is 0 Å². The summed E-state index contributed by atoms with van der Waals surface area (Å²) < 4.78 is 1.60. The van der Waals surface area contributed by atoms with Crippen LogP contribution in [0.5, 0.6) is 0 Å². The average Bonchev–Trinajstić information content (AvgIpc) is 3.10. The van der Waals surface area contributed by atoms with Gasteiger partial charge in [-0.25, -0.2) is 4.98 Å². The standard InChI is InChI=1S/C21H14BrN3O2S/c22-16-9-5-4-8-15(16)20(27)23-14-10-11-17-18(12-14)28-21(24-17)25-19(26)13-6-2-1-3-7-13/h1-12H,(H,23,27)(H,24,25,26). The summed E-state index contributed by atoms with van der Waals surface area (Å²) in [6.45, 7) is 0. The third-order valence-corrected chi connectivity index (χ3v) is 5.65. The lowest BCUT2D eigenvalue weighted by Crippen LogP contribution is -2.12. The number of halogens is 1. The third-order valence-electron chi connectivity index (χ3n) is 4.02. The summed E-state index contributed by atoms with van der Waals surface area (Å²) in [6.07, 6.45) is 0. The molecule has 0 unspecified atom stereocenters. The van der Waals surface area contributed by atoms with Crippen molar-refractivity contribution in [1.29, 1.82) is 0 Å². The predicted octanol–water partition coefficient (Wildman–Crippen LogP) is 5.56. The first kappa shape index (κ1) is 18.3. The Hall–Kier alpha value is -3.03. The van der Waals surface area contributed by atoms with E-state index in [-0.39, 0.29) is 11.8 Å². The van der Waals surface area contributed by atoms with E-state index in [0.717, 1.165) is 14.7 Å². The number of aromatic nitrogens is 1. The van der Waals surface area contributed by atoms with Crippen LogP contribution in [0.1, 0.15) is 20.7 Å². The van der Waals surface area contributed by atoms with Crippen LogP contribution < -0.4 is 10.6 Å². The molecule has 3 aromatic carbocycles. The maximum Gasteiger partial charge on any atom is 0.257 e. The minimum absolute atomic E-state index is 0.200. The van der Waals surface area contributed by atoms with Crippen LogP contribution in [0.25, 0.3) is 10.2 Å². The van der Waals surface area contributed by atoms with E-state index in [1.54, 1.807) is 24.3 Å². The van der Waals surface area contributed by atoms with Crippen molar-refractivity contribution in [3.63, 3.8) is 0 Å². The zero-order valence-corrected chi connectivity index (χ0v) is 16.9. The molecule has 4 rings (SSSR count). The number of nitrogens with one attached hydrogen (secondary N) is 2. The van der Waals surface area contributed by atoms with Gasteiger partial charge in [-0.15, -0.1) is 0 Å². The van der Waals surface area contributed by atoms with Crippen LogP contribution in [0.4, 0.5) is 10.8 Å². The molecule has 2 N–H and O–H groups in total. The summed E-state index contributed by atoms with van der Waals surface area (Å²) in [5.41, 5.74) is 2.55. The van der Waals surface area contributed by atoms with Gasteiger partial charge in [-0.3, -0.25) is 14.9 Å². The first-order valence-corrected chi connectivity index (χ1v) is 10.0. The lowest BCUT2D eigenvalue weighted by molar-refractivity contribution is 0.101. The van der Waals surface area contributed by atoms with Crippen LogP contribution in [0, 0.1) is 0 Å². The molecule has 7 heteroatoms. The molecule has 0 atom stereocenters. The molecular formula is C21H14BrN3O2S. The zero-order valence-electron chi connectivity index (χ0n) is 14.5. The summed E-state index contributed by atoms with van der Waals surface area (Å²) in [4.78, 5) is 29.2. The summed E-state index contributed by atoms with van der Waals surface area (Å²) >= 11 is 4.74. The van der Waals surface area contributed by atoms with E-state index >= 15 is 0 Å². The van der Waals surface area contributed by atoms with Crippen LogP contribution >= 0.6 is 27.3 Å². The molecule has 0 saturated carbocycles. The van der Waals surface area contributed by atoms with Crippen LogP contribution in [0.15, 0.2) is 77.3 Å². The van der Waals surface area contributed by atoms with Gasteiger partial charge in [0.25, 0.3) is 11.8 Å². The van der Waals surface area contributed by atoms with E-state index in [1.807, 2.05) is 48.5 Å². The van der Waals surface area contributed by atoms with Gasteiger partial charge in [0.15, 0.2) is 5.13 Å². The minimum atomic E-state index is -0.206. The smallest absolute Gasteiger partial charge is 0.257 e. The fraction of sp³-hybridized carbons (Fsp3) is 0. The molecule has 0 fully saturated rings. The molecule has 0 spiro atoms. The number of benzene rings is 3. The number of fused-ring (bicyclic) bond motifs is 1. The van der Waals surface area contributed by atoms with Crippen molar-refractivity contribution in [1.82, 2.24) is 4.98 Å². The fourth-order valence-corrected chi connectivity index (χ4v) is 4.02. The minimum Gasteiger partial charge on any atom is -0.322 e. The van der Waals surface area contributed by atoms with E-state index in [9.17, 15) is 9.59 Å². The van der Waals surface area contributed by atoms with Gasteiger partial charge in [-0.2, -0.15) is 0 Å². The average molecular weight is 452 g/mol. The Balaban J connectivity index is 1.53. The molecule has 0 aliphatic rings. The van der Waals surface area contributed by atoms with Crippen molar-refractivity contribution >= 4 is 60.1 Å². The van der Waals surface area contributed by atoms with Crippen molar-refractivity contribution in [2.75, 3.05) is 10.6 Å². The van der Waals surface area contributed by atoms with Gasteiger partial charge >= 0.3 is 0 Å². The maximum absolute atomic E-state index is 12.5. The number of hydrogen-bond acceptors (Lipinski definition) is 4. The monoisotopic (exact) mass is 451 g/mol. The van der Waals surface area contributed by atoms with E-state index < -0.39 is 0 Å². The highest BCUT2D eigenvalue weighted by Crippen LogP contribution is 2.29. The van der Waals surface area contributed by atoms with Crippen molar-refractivity contribution in [3.8, 4) is 0 Å². The summed E-state index contributed by atoms with van der Waals surface area (Å²) in [5.74, 6) is -0.406. The molecule has 0 bridgehead atoms. The molecule has 2 amide bonds. The summed E-state index contributed by atoms with van der Waals surface area (Å²) in [7, 11) is 0. The van der Waals surface area contributed by atoms with Crippen LogP contribution in [0.2, 0.25) is 0 Å². The second-order valence-corrected chi connectivity index (χ2v) is 7.84. The number of carbonyl (C=O) groups excluding carboxylic acids is 2. The number of anilines is 2. The Morgan fingerprint density at radius 2 is 1.61 bits per heavy atom. The van der Waals surface area contributed by atoms with E-state index in [0.29, 0.717) is 21.9 Å². The molecular weight excluding hydrogens is 438 g/mol. The molecule has 4 aromatic rings. The Bertz CT molecular complexity index is 1170. The first-order valence-electron chi connectivity index (χ1n) is 8.43. The second-order valence-electron chi connectivity index (χ2n) is 5.96. The lowest BCUT2D eigenvalue weighted by Gasteiger charge is -2.06. The highest BCUT2D eigenvalue weighted by molar-refractivity contribution is 9.10. The molecule has 1 heterocycles. The normalized spacial score (nSPS) is 10.6. The summed E-state index contributed by atoms with van der Waals surface area (Å²) in [6, 6.07) is 21.7. The van der Waals surface area contributed by atoms with Gasteiger partial charge in [0, 0.05) is 15.7 Å². The molecule has 0 radical (unpaired) electrons. The van der Waals surface area contributed by atoms with Crippen molar-refractivity contribution in [2.24, 2.45) is 0 Å². The quantitative estimate of drug-likeness (QED) is 0.426. The first-order chi connectivity index (χ1) is 13.6. The van der Waals surface area contributed by atoms with E-state index in [1.165, 1.54) is 11.3 Å². The van der Waals surface area contributed by atoms with Crippen molar-refractivity contribution < 1.29 is 9.59 Å². The van der Waals surface area contributed by atoms with Crippen LogP contribution in [-0.2, 0) is 0 Å². The van der Waals surface area contributed by atoms with E-state index in [2.05, 4.69) is 31.5 Å². The number of hydrogen-bond donors (Lipinski definition) is 2. The Morgan fingerprint density at radius 3 is 2.39 bits per heavy atom. The third kappa shape index (κ3) is 3.95. The van der Waals surface area contributed by atoms with Crippen LogP contribution in [0.3, 0.4) is 0 Å². The Labute approximate surface area is 173 Å². The molecule has 138 valence electrons. The SMILES string of the molecule is O=C(Nc1nc2ccc(NC(=O)c3ccccc3Br)cc2s1)c1ccccc1. The van der Waals surface area contributed by atoms with Gasteiger partial charge in [0.2, 0.25) is 0 Å². The number of nitrogens with zero attached hydrogens (tertiary/aromatic N) is 1. The second kappa shape index (κ2) is 7.92. The van der Waals surface area contributed by atoms with Crippen molar-refractivity contribution in [2.45, 2.75) is 0 Å². The van der Waals surface area contributed by atoms with Crippen LogP contribution in [-0.4, -0.2) is 16.8 Å². The Morgan fingerprint density at radius 1 is 0.857 bits per heavy atom. The molecule has 28 heavy (non-hydrogen) atoms. The molecule has 0 aliphatic heterocycles. The highest BCUT2D eigenvalue weighted by atomic mass is 79.9. The number of carbonyl (C=O) groups is 2.